The zero-order chi connectivity index (χ0) is 13.1. The van der Waals surface area contributed by atoms with Crippen molar-refractivity contribution < 1.29 is 0 Å². The molecule has 0 amide bonds. The summed E-state index contributed by atoms with van der Waals surface area (Å²) in [5, 5.41) is 4.37. The quantitative estimate of drug-likeness (QED) is 0.746. The Morgan fingerprint density at radius 2 is 1.89 bits per heavy atom. The average molecular weight is 251 g/mol. The van der Waals surface area contributed by atoms with E-state index in [2.05, 4.69) is 26.3 Å². The molecular weight excluding hydrogens is 238 g/mol. The Labute approximate surface area is 110 Å². The molecule has 3 rings (SSSR count). The Balaban J connectivity index is 1.76. The van der Waals surface area contributed by atoms with E-state index in [9.17, 15) is 0 Å². The minimum absolute atomic E-state index is 0.427. The van der Waals surface area contributed by atoms with Crippen molar-refractivity contribution in [2.45, 2.75) is 6.54 Å². The number of nitrogens with zero attached hydrogens (tertiary/aromatic N) is 3. The molecule has 3 aromatic rings. The van der Waals surface area contributed by atoms with E-state index in [0.29, 0.717) is 12.4 Å². The molecule has 0 radical (unpaired) electrons. The summed E-state index contributed by atoms with van der Waals surface area (Å²) in [5.74, 6) is 0.427. The SMILES string of the molecule is Nc1cnc(CNc2cnc3ccccc3c2)cn1. The number of para-hydroxylation sites is 1. The minimum Gasteiger partial charge on any atom is -0.382 e. The summed E-state index contributed by atoms with van der Waals surface area (Å²) < 4.78 is 0. The Bertz CT molecular complexity index is 694. The first kappa shape index (κ1) is 11.4. The van der Waals surface area contributed by atoms with E-state index in [-0.39, 0.29) is 0 Å². The fraction of sp³-hybridized carbons (Fsp3) is 0.0714. The van der Waals surface area contributed by atoms with Crippen molar-refractivity contribution in [2.75, 3.05) is 11.1 Å². The van der Waals surface area contributed by atoms with Gasteiger partial charge in [-0.1, -0.05) is 18.2 Å². The highest BCUT2D eigenvalue weighted by Gasteiger charge is 1.99. The number of nitrogens with two attached hydrogens (primary N) is 1. The normalized spacial score (nSPS) is 10.5. The third-order valence-electron chi connectivity index (χ3n) is 2.79. The van der Waals surface area contributed by atoms with E-state index < -0.39 is 0 Å². The first-order valence-electron chi connectivity index (χ1n) is 5.96. The van der Waals surface area contributed by atoms with Gasteiger partial charge in [-0.2, -0.15) is 0 Å². The van der Waals surface area contributed by atoms with Crippen LogP contribution in [0.1, 0.15) is 5.69 Å². The molecule has 0 fully saturated rings. The van der Waals surface area contributed by atoms with Crippen LogP contribution in [0.3, 0.4) is 0 Å². The lowest BCUT2D eigenvalue weighted by Crippen LogP contribution is -2.03. The molecule has 3 N–H and O–H groups in total. The maximum atomic E-state index is 5.49. The second kappa shape index (κ2) is 4.89. The number of hydrogen-bond acceptors (Lipinski definition) is 5. The van der Waals surface area contributed by atoms with Crippen LogP contribution in [0.4, 0.5) is 11.5 Å². The molecule has 0 unspecified atom stereocenters. The fourth-order valence-electron chi connectivity index (χ4n) is 1.82. The Morgan fingerprint density at radius 1 is 1.00 bits per heavy atom. The van der Waals surface area contributed by atoms with Crippen LogP contribution in [-0.4, -0.2) is 15.0 Å². The first-order chi connectivity index (χ1) is 9.31. The lowest BCUT2D eigenvalue weighted by atomic mass is 10.2. The van der Waals surface area contributed by atoms with Gasteiger partial charge in [0.2, 0.25) is 0 Å². The summed E-state index contributed by atoms with van der Waals surface area (Å²) >= 11 is 0. The number of nitrogen functional groups attached to an aromatic ring is 1. The zero-order valence-electron chi connectivity index (χ0n) is 10.2. The predicted octanol–water partition coefficient (Wildman–Crippen LogP) is 2.22. The summed E-state index contributed by atoms with van der Waals surface area (Å²) in [6.07, 6.45) is 5.03. The van der Waals surface area contributed by atoms with E-state index in [0.717, 1.165) is 22.3 Å². The van der Waals surface area contributed by atoms with Crippen molar-refractivity contribution in [2.24, 2.45) is 0 Å². The molecule has 2 aromatic heterocycles. The van der Waals surface area contributed by atoms with Gasteiger partial charge >= 0.3 is 0 Å². The van der Waals surface area contributed by atoms with Crippen LogP contribution in [0.2, 0.25) is 0 Å². The van der Waals surface area contributed by atoms with Gasteiger partial charge in [-0.3, -0.25) is 9.97 Å². The van der Waals surface area contributed by atoms with Crippen LogP contribution >= 0.6 is 0 Å². The number of pyridine rings is 1. The van der Waals surface area contributed by atoms with Crippen molar-refractivity contribution >= 4 is 22.4 Å². The van der Waals surface area contributed by atoms with Crippen LogP contribution < -0.4 is 11.1 Å². The van der Waals surface area contributed by atoms with E-state index in [1.165, 1.54) is 0 Å². The summed E-state index contributed by atoms with van der Waals surface area (Å²) in [6.45, 7) is 0.591. The third-order valence-corrected chi connectivity index (χ3v) is 2.79. The largest absolute Gasteiger partial charge is 0.382 e. The number of rotatable bonds is 3. The van der Waals surface area contributed by atoms with Crippen LogP contribution in [0.5, 0.6) is 0 Å². The van der Waals surface area contributed by atoms with Gasteiger partial charge in [0.05, 0.1) is 42.0 Å². The minimum atomic E-state index is 0.427. The molecule has 2 heterocycles. The molecule has 0 aliphatic carbocycles. The Hall–Kier alpha value is -2.69. The van der Waals surface area contributed by atoms with E-state index in [1.54, 1.807) is 12.4 Å². The maximum absolute atomic E-state index is 5.49. The molecule has 0 saturated heterocycles. The topological polar surface area (TPSA) is 76.7 Å². The van der Waals surface area contributed by atoms with Gasteiger partial charge in [0.15, 0.2) is 0 Å². The molecule has 0 aliphatic rings. The van der Waals surface area contributed by atoms with Gasteiger partial charge in [-0.15, -0.1) is 0 Å². The molecule has 0 spiro atoms. The number of hydrogen-bond donors (Lipinski definition) is 2. The first-order valence-corrected chi connectivity index (χ1v) is 5.96. The number of aromatic nitrogens is 3. The smallest absolute Gasteiger partial charge is 0.141 e. The highest BCUT2D eigenvalue weighted by atomic mass is 14.9. The van der Waals surface area contributed by atoms with Gasteiger partial charge in [-0.05, 0) is 12.1 Å². The van der Waals surface area contributed by atoms with E-state index in [1.807, 2.05) is 30.5 Å². The molecule has 0 atom stereocenters. The molecule has 19 heavy (non-hydrogen) atoms. The lowest BCUT2D eigenvalue weighted by molar-refractivity contribution is 1.01. The zero-order valence-corrected chi connectivity index (χ0v) is 10.2. The number of benzene rings is 1. The fourth-order valence-corrected chi connectivity index (χ4v) is 1.82. The van der Waals surface area contributed by atoms with Crippen LogP contribution in [0.25, 0.3) is 10.9 Å². The van der Waals surface area contributed by atoms with Gasteiger partial charge in [0.25, 0.3) is 0 Å². The average Bonchev–Trinajstić information content (AvgIpc) is 2.46. The lowest BCUT2D eigenvalue weighted by Gasteiger charge is -2.06. The summed E-state index contributed by atoms with van der Waals surface area (Å²) in [6, 6.07) is 10.1. The van der Waals surface area contributed by atoms with Crippen LogP contribution in [-0.2, 0) is 6.54 Å². The van der Waals surface area contributed by atoms with Gasteiger partial charge in [-0.25, -0.2) is 4.98 Å². The molecule has 5 heteroatoms. The highest BCUT2D eigenvalue weighted by molar-refractivity contribution is 5.81. The molecule has 0 bridgehead atoms. The number of anilines is 2. The standard InChI is InChI=1S/C14H13N5/c15-14-9-17-12(8-19-14)7-16-11-5-10-3-1-2-4-13(10)18-6-11/h1-6,8-9,16H,7H2,(H2,15,19). The van der Waals surface area contributed by atoms with Crippen molar-refractivity contribution in [1.82, 2.24) is 15.0 Å². The van der Waals surface area contributed by atoms with Crippen LogP contribution in [0, 0.1) is 0 Å². The second-order valence-electron chi connectivity index (χ2n) is 4.20. The molecular formula is C14H13N5. The molecule has 0 aliphatic heterocycles. The number of fused-ring (bicyclic) bond motifs is 1. The summed E-state index contributed by atoms with van der Waals surface area (Å²) in [5.41, 5.74) is 8.27. The van der Waals surface area contributed by atoms with Crippen molar-refractivity contribution in [3.63, 3.8) is 0 Å². The van der Waals surface area contributed by atoms with E-state index >= 15 is 0 Å². The molecule has 94 valence electrons. The van der Waals surface area contributed by atoms with Gasteiger partial charge < -0.3 is 11.1 Å². The second-order valence-corrected chi connectivity index (χ2v) is 4.20. The van der Waals surface area contributed by atoms with Crippen molar-refractivity contribution in [3.05, 3.63) is 54.6 Å². The summed E-state index contributed by atoms with van der Waals surface area (Å²) in [4.78, 5) is 12.6. The van der Waals surface area contributed by atoms with Gasteiger partial charge in [0.1, 0.15) is 5.82 Å². The monoisotopic (exact) mass is 251 g/mol. The van der Waals surface area contributed by atoms with Crippen molar-refractivity contribution in [3.8, 4) is 0 Å². The highest BCUT2D eigenvalue weighted by Crippen LogP contribution is 2.16. The van der Waals surface area contributed by atoms with Crippen molar-refractivity contribution in [1.29, 1.82) is 0 Å². The molecule has 0 saturated carbocycles. The van der Waals surface area contributed by atoms with Gasteiger partial charge in [0, 0.05) is 5.39 Å². The van der Waals surface area contributed by atoms with E-state index in [4.69, 9.17) is 5.73 Å². The Kier molecular flexibility index (Phi) is 2.94. The molecule has 1 aromatic carbocycles. The Morgan fingerprint density at radius 3 is 2.74 bits per heavy atom. The maximum Gasteiger partial charge on any atom is 0.141 e. The third kappa shape index (κ3) is 2.60. The van der Waals surface area contributed by atoms with Crippen LogP contribution in [0.15, 0.2) is 48.9 Å². The molecule has 5 nitrogen and oxygen atoms in total. The summed E-state index contributed by atoms with van der Waals surface area (Å²) in [7, 11) is 0. The number of nitrogens with one attached hydrogen (secondary N) is 1. The predicted molar refractivity (Wildman–Crippen MR) is 75.5 cm³/mol.